The van der Waals surface area contributed by atoms with Crippen LogP contribution in [0.3, 0.4) is 0 Å². The zero-order valence-corrected chi connectivity index (χ0v) is 14.1. The quantitative estimate of drug-likeness (QED) is 0.774. The minimum absolute atomic E-state index is 0.514. The average molecular weight is 367 g/mol. The van der Waals surface area contributed by atoms with Crippen LogP contribution in [0, 0.1) is 0 Å². The number of rotatable bonds is 4. The lowest BCUT2D eigenvalue weighted by atomic mass is 9.76. The van der Waals surface area contributed by atoms with Gasteiger partial charge in [0.15, 0.2) is 0 Å². The lowest BCUT2D eigenvalue weighted by molar-refractivity contribution is 0.373. The molecule has 1 aliphatic carbocycles. The third-order valence-corrected chi connectivity index (χ3v) is 4.79. The third-order valence-electron chi connectivity index (χ3n) is 3.98. The molecule has 3 rings (SSSR count). The Morgan fingerprint density at radius 1 is 1.19 bits per heavy atom. The first-order valence-electron chi connectivity index (χ1n) is 7.01. The van der Waals surface area contributed by atoms with Crippen LogP contribution in [-0.2, 0) is 0 Å². The van der Waals surface area contributed by atoms with Gasteiger partial charge >= 0.3 is 0 Å². The minimum Gasteiger partial charge on any atom is -0.495 e. The highest BCUT2D eigenvalue weighted by Gasteiger charge is 2.30. The van der Waals surface area contributed by atoms with Gasteiger partial charge in [0.25, 0.3) is 0 Å². The summed E-state index contributed by atoms with van der Waals surface area (Å²) >= 11 is 9.57. The molecule has 2 aromatic carbocycles. The molecule has 1 N–H and O–H groups in total. The number of hydrogen-bond donors (Lipinski definition) is 1. The van der Waals surface area contributed by atoms with Crippen LogP contribution in [0.2, 0.25) is 5.02 Å². The second-order valence-electron chi connectivity index (χ2n) is 5.41. The van der Waals surface area contributed by atoms with Gasteiger partial charge < -0.3 is 10.1 Å². The van der Waals surface area contributed by atoms with Gasteiger partial charge in [-0.15, -0.1) is 0 Å². The lowest BCUT2D eigenvalue weighted by Gasteiger charge is -2.37. The maximum atomic E-state index is 6.04. The molecule has 4 heteroatoms. The van der Waals surface area contributed by atoms with Crippen molar-refractivity contribution in [1.29, 1.82) is 0 Å². The van der Waals surface area contributed by atoms with Crippen LogP contribution < -0.4 is 10.1 Å². The summed E-state index contributed by atoms with van der Waals surface area (Å²) in [6.45, 7) is 0. The highest BCUT2D eigenvalue weighted by molar-refractivity contribution is 9.10. The summed E-state index contributed by atoms with van der Waals surface area (Å²) in [5.74, 6) is 1.36. The number of benzene rings is 2. The Morgan fingerprint density at radius 2 is 2.00 bits per heavy atom. The summed E-state index contributed by atoms with van der Waals surface area (Å²) in [5.41, 5.74) is 2.48. The fourth-order valence-electron chi connectivity index (χ4n) is 2.75. The summed E-state index contributed by atoms with van der Waals surface area (Å²) in [6, 6.07) is 14.9. The standard InChI is InChI=1S/C17H17BrClNO/c1-21-17-10-14(5-6-16(17)19)20-15-8-12(9-15)11-3-2-4-13(18)7-11/h2-7,10,12,15,20H,8-9H2,1H3. The summed E-state index contributed by atoms with van der Waals surface area (Å²) in [6.07, 6.45) is 2.31. The van der Waals surface area contributed by atoms with Crippen LogP contribution in [-0.4, -0.2) is 13.2 Å². The molecule has 110 valence electrons. The topological polar surface area (TPSA) is 21.3 Å². The number of nitrogens with one attached hydrogen (secondary N) is 1. The van der Waals surface area contributed by atoms with Crippen molar-refractivity contribution in [2.24, 2.45) is 0 Å². The van der Waals surface area contributed by atoms with Gasteiger partial charge in [-0.05, 0) is 48.6 Å². The summed E-state index contributed by atoms with van der Waals surface area (Å²) < 4.78 is 6.40. The fourth-order valence-corrected chi connectivity index (χ4v) is 3.37. The minimum atomic E-state index is 0.514. The number of anilines is 1. The zero-order valence-electron chi connectivity index (χ0n) is 11.8. The molecular formula is C17H17BrClNO. The molecule has 2 aromatic rings. The molecule has 0 unspecified atom stereocenters. The first-order chi connectivity index (χ1) is 10.2. The largest absolute Gasteiger partial charge is 0.495 e. The van der Waals surface area contributed by atoms with Crippen LogP contribution in [0.25, 0.3) is 0 Å². The molecule has 1 saturated carbocycles. The Hall–Kier alpha value is -1.19. The number of hydrogen-bond acceptors (Lipinski definition) is 2. The van der Waals surface area contributed by atoms with Gasteiger partial charge in [0, 0.05) is 22.3 Å². The average Bonchev–Trinajstić information content (AvgIpc) is 2.44. The zero-order chi connectivity index (χ0) is 14.8. The highest BCUT2D eigenvalue weighted by atomic mass is 79.9. The molecule has 0 atom stereocenters. The van der Waals surface area contributed by atoms with Crippen molar-refractivity contribution in [3.05, 3.63) is 57.5 Å². The van der Waals surface area contributed by atoms with Gasteiger partial charge in [0.05, 0.1) is 12.1 Å². The van der Waals surface area contributed by atoms with Crippen LogP contribution >= 0.6 is 27.5 Å². The van der Waals surface area contributed by atoms with Gasteiger partial charge in [-0.1, -0.05) is 39.7 Å². The Labute approximate surface area is 138 Å². The number of ether oxygens (including phenoxy) is 1. The van der Waals surface area contributed by atoms with Gasteiger partial charge in [-0.3, -0.25) is 0 Å². The molecule has 0 spiro atoms. The van der Waals surface area contributed by atoms with Crippen LogP contribution in [0.4, 0.5) is 5.69 Å². The predicted molar refractivity (Wildman–Crippen MR) is 91.5 cm³/mol. The number of methoxy groups -OCH3 is 1. The normalized spacial score (nSPS) is 20.7. The second-order valence-corrected chi connectivity index (χ2v) is 6.74. The lowest BCUT2D eigenvalue weighted by Crippen LogP contribution is -2.33. The van der Waals surface area contributed by atoms with E-state index in [4.69, 9.17) is 16.3 Å². The maximum absolute atomic E-state index is 6.04. The van der Waals surface area contributed by atoms with E-state index in [9.17, 15) is 0 Å². The molecule has 0 heterocycles. The van der Waals surface area contributed by atoms with Crippen molar-refractivity contribution in [2.75, 3.05) is 12.4 Å². The van der Waals surface area contributed by atoms with Gasteiger partial charge in [-0.2, -0.15) is 0 Å². The SMILES string of the molecule is COc1cc(NC2CC(c3cccc(Br)c3)C2)ccc1Cl. The predicted octanol–water partition coefficient (Wildman–Crippen LogP) is 5.47. The monoisotopic (exact) mass is 365 g/mol. The molecule has 0 amide bonds. The van der Waals surface area contributed by atoms with Crippen molar-refractivity contribution in [3.8, 4) is 5.75 Å². The Morgan fingerprint density at radius 3 is 2.71 bits per heavy atom. The van der Waals surface area contributed by atoms with E-state index < -0.39 is 0 Å². The van der Waals surface area contributed by atoms with Gasteiger partial charge in [0.1, 0.15) is 5.75 Å². The van der Waals surface area contributed by atoms with Crippen LogP contribution in [0.15, 0.2) is 46.9 Å². The van der Waals surface area contributed by atoms with E-state index in [0.29, 0.717) is 22.7 Å². The summed E-state index contributed by atoms with van der Waals surface area (Å²) in [7, 11) is 1.64. The van der Waals surface area contributed by atoms with E-state index in [1.54, 1.807) is 7.11 Å². The van der Waals surface area contributed by atoms with Crippen molar-refractivity contribution in [1.82, 2.24) is 0 Å². The Kier molecular flexibility index (Phi) is 4.41. The molecule has 21 heavy (non-hydrogen) atoms. The molecule has 0 aliphatic heterocycles. The molecule has 0 saturated heterocycles. The molecule has 1 fully saturated rings. The fraction of sp³-hybridized carbons (Fsp3) is 0.294. The molecule has 0 bridgehead atoms. The molecule has 1 aliphatic rings. The van der Waals surface area contributed by atoms with E-state index in [1.165, 1.54) is 5.56 Å². The van der Waals surface area contributed by atoms with Crippen LogP contribution in [0.1, 0.15) is 24.3 Å². The van der Waals surface area contributed by atoms with Gasteiger partial charge in [0.2, 0.25) is 0 Å². The summed E-state index contributed by atoms with van der Waals surface area (Å²) in [4.78, 5) is 0. The highest BCUT2D eigenvalue weighted by Crippen LogP contribution is 2.39. The van der Waals surface area contributed by atoms with Crippen molar-refractivity contribution < 1.29 is 4.74 Å². The van der Waals surface area contributed by atoms with Crippen molar-refractivity contribution >= 4 is 33.2 Å². The first kappa shape index (κ1) is 14.7. The second kappa shape index (κ2) is 6.29. The first-order valence-corrected chi connectivity index (χ1v) is 8.18. The molecule has 0 radical (unpaired) electrons. The Balaban J connectivity index is 1.60. The van der Waals surface area contributed by atoms with E-state index in [1.807, 2.05) is 18.2 Å². The van der Waals surface area contributed by atoms with Gasteiger partial charge in [-0.25, -0.2) is 0 Å². The Bertz CT molecular complexity index is 640. The van der Waals surface area contributed by atoms with Crippen LogP contribution in [0.5, 0.6) is 5.75 Å². The van der Waals surface area contributed by atoms with E-state index >= 15 is 0 Å². The summed E-state index contributed by atoms with van der Waals surface area (Å²) in [5, 5.41) is 4.19. The molecule has 0 aromatic heterocycles. The third kappa shape index (κ3) is 3.35. The van der Waals surface area contributed by atoms with Crippen molar-refractivity contribution in [2.45, 2.75) is 24.8 Å². The van der Waals surface area contributed by atoms with Crippen molar-refractivity contribution in [3.63, 3.8) is 0 Å². The van der Waals surface area contributed by atoms with E-state index in [-0.39, 0.29) is 0 Å². The van der Waals surface area contributed by atoms with E-state index in [0.717, 1.165) is 23.0 Å². The molecule has 2 nitrogen and oxygen atoms in total. The van der Waals surface area contributed by atoms with E-state index in [2.05, 4.69) is 45.5 Å². The number of halogens is 2. The maximum Gasteiger partial charge on any atom is 0.139 e. The molecular weight excluding hydrogens is 350 g/mol. The smallest absolute Gasteiger partial charge is 0.139 e.